The van der Waals surface area contributed by atoms with Crippen LogP contribution in [0.15, 0.2) is 82.2 Å². The number of phenolic OH excluding ortho intramolecular Hbond substituents is 1. The average Bonchev–Trinajstić information content (AvgIpc) is 3.10. The second-order valence-corrected chi connectivity index (χ2v) is 6.13. The number of oxazole rings is 1. The molecule has 124 valence electrons. The van der Waals surface area contributed by atoms with Gasteiger partial charge in [0.2, 0.25) is 5.89 Å². The van der Waals surface area contributed by atoms with Gasteiger partial charge in [0.05, 0.1) is 6.21 Å². The van der Waals surface area contributed by atoms with Crippen molar-refractivity contribution >= 4 is 44.5 Å². The average molecular weight is 338 g/mol. The molecule has 1 heterocycles. The van der Waals surface area contributed by atoms with Crippen molar-refractivity contribution in [3.05, 3.63) is 78.7 Å². The van der Waals surface area contributed by atoms with Crippen molar-refractivity contribution in [2.24, 2.45) is 4.99 Å². The molecule has 5 rings (SSSR count). The first kappa shape index (κ1) is 14.7. The number of aromatic hydroxyl groups is 1. The molecule has 0 aliphatic carbocycles. The maximum absolute atomic E-state index is 10.2. The molecule has 4 nitrogen and oxygen atoms in total. The molecule has 0 fully saturated rings. The highest BCUT2D eigenvalue weighted by Gasteiger charge is 2.08. The van der Waals surface area contributed by atoms with E-state index < -0.39 is 0 Å². The molecule has 1 N–H and O–H groups in total. The Bertz CT molecular complexity index is 1300. The van der Waals surface area contributed by atoms with Gasteiger partial charge in [0, 0.05) is 5.39 Å². The molecule has 5 aromatic rings. The number of aliphatic imine (C=N–C) groups is 1. The second-order valence-electron chi connectivity index (χ2n) is 6.13. The van der Waals surface area contributed by atoms with E-state index in [1.54, 1.807) is 12.3 Å². The summed E-state index contributed by atoms with van der Waals surface area (Å²) in [5.74, 6) is 0.533. The predicted molar refractivity (Wildman–Crippen MR) is 104 cm³/mol. The smallest absolute Gasteiger partial charge is 0.238 e. The van der Waals surface area contributed by atoms with E-state index in [9.17, 15) is 5.11 Å². The van der Waals surface area contributed by atoms with Crippen LogP contribution in [0.5, 0.6) is 5.75 Å². The van der Waals surface area contributed by atoms with Gasteiger partial charge in [-0.05, 0) is 34.4 Å². The van der Waals surface area contributed by atoms with Crippen LogP contribution in [-0.4, -0.2) is 16.3 Å². The van der Waals surface area contributed by atoms with Crippen LogP contribution in [0, 0.1) is 0 Å². The number of phenols is 1. The molecule has 0 aliphatic rings. The minimum Gasteiger partial charge on any atom is -0.506 e. The molecule has 4 heteroatoms. The van der Waals surface area contributed by atoms with Crippen molar-refractivity contribution in [1.29, 1.82) is 0 Å². The molecule has 0 saturated heterocycles. The van der Waals surface area contributed by atoms with Gasteiger partial charge in [-0.25, -0.2) is 9.98 Å². The van der Waals surface area contributed by atoms with Crippen LogP contribution in [-0.2, 0) is 0 Å². The number of aromatic nitrogens is 1. The molecule has 1 aromatic heterocycles. The quantitative estimate of drug-likeness (QED) is 0.427. The van der Waals surface area contributed by atoms with Gasteiger partial charge in [-0.2, -0.15) is 0 Å². The number of fused-ring (bicyclic) bond motifs is 4. The van der Waals surface area contributed by atoms with E-state index in [0.29, 0.717) is 11.6 Å². The third-order valence-electron chi connectivity index (χ3n) is 4.45. The zero-order chi connectivity index (χ0) is 17.5. The highest BCUT2D eigenvalue weighted by atomic mass is 16.3. The molecule has 0 spiro atoms. The maximum Gasteiger partial charge on any atom is 0.238 e. The lowest BCUT2D eigenvalue weighted by atomic mass is 10.1. The third kappa shape index (κ3) is 2.40. The third-order valence-corrected chi connectivity index (χ3v) is 4.45. The molecule has 0 aliphatic heterocycles. The Morgan fingerprint density at radius 2 is 1.58 bits per heavy atom. The summed E-state index contributed by atoms with van der Waals surface area (Å²) >= 11 is 0. The molecule has 4 aromatic carbocycles. The first-order valence-electron chi connectivity index (χ1n) is 8.32. The van der Waals surface area contributed by atoms with E-state index in [1.165, 1.54) is 0 Å². The monoisotopic (exact) mass is 338 g/mol. The Kier molecular flexibility index (Phi) is 3.22. The predicted octanol–water partition coefficient (Wildman–Crippen LogP) is 5.59. The van der Waals surface area contributed by atoms with Gasteiger partial charge in [-0.1, -0.05) is 54.6 Å². The fraction of sp³-hybridized carbons (Fsp3) is 0. The molecule has 0 atom stereocenters. The van der Waals surface area contributed by atoms with E-state index in [-0.39, 0.29) is 5.75 Å². The van der Waals surface area contributed by atoms with Gasteiger partial charge in [-0.15, -0.1) is 0 Å². The molecule has 0 radical (unpaired) electrons. The molecule has 26 heavy (non-hydrogen) atoms. The van der Waals surface area contributed by atoms with E-state index >= 15 is 0 Å². The van der Waals surface area contributed by atoms with Gasteiger partial charge >= 0.3 is 0 Å². The summed E-state index contributed by atoms with van der Waals surface area (Å²) in [4.78, 5) is 8.84. The normalized spacial score (nSPS) is 11.8. The van der Waals surface area contributed by atoms with Gasteiger partial charge in [0.1, 0.15) is 17.0 Å². The number of hydrogen-bond donors (Lipinski definition) is 1. The van der Waals surface area contributed by atoms with Gasteiger partial charge in [-0.3, -0.25) is 0 Å². The molecule has 0 saturated carbocycles. The second kappa shape index (κ2) is 5.70. The van der Waals surface area contributed by atoms with Crippen LogP contribution in [0.25, 0.3) is 32.6 Å². The lowest BCUT2D eigenvalue weighted by Crippen LogP contribution is -1.80. The van der Waals surface area contributed by atoms with Crippen LogP contribution in [0.3, 0.4) is 0 Å². The first-order valence-corrected chi connectivity index (χ1v) is 8.32. The summed E-state index contributed by atoms with van der Waals surface area (Å²) in [6, 6.07) is 23.4. The number of rotatable bonds is 2. The van der Waals surface area contributed by atoms with E-state index in [1.807, 2.05) is 66.7 Å². The van der Waals surface area contributed by atoms with Gasteiger partial charge in [0.25, 0.3) is 0 Å². The van der Waals surface area contributed by atoms with E-state index in [2.05, 4.69) is 9.98 Å². The standard InChI is InChI=1S/C22H14N2O2/c25-20-12-16-7-2-1-6-15(16)11-19(20)23-13-21-24-18-10-9-14-5-3-4-8-17(14)22(18)26-21/h1-13,25H. The van der Waals surface area contributed by atoms with Crippen molar-refractivity contribution in [2.45, 2.75) is 0 Å². The molecule has 0 bridgehead atoms. The maximum atomic E-state index is 10.2. The van der Waals surface area contributed by atoms with Crippen molar-refractivity contribution in [2.75, 3.05) is 0 Å². The van der Waals surface area contributed by atoms with Crippen LogP contribution in [0.2, 0.25) is 0 Å². The summed E-state index contributed by atoms with van der Waals surface area (Å²) < 4.78 is 5.89. The largest absolute Gasteiger partial charge is 0.506 e. The fourth-order valence-corrected chi connectivity index (χ4v) is 3.17. The Morgan fingerprint density at radius 3 is 2.42 bits per heavy atom. The minimum atomic E-state index is 0.126. The first-order chi connectivity index (χ1) is 12.8. The summed E-state index contributed by atoms with van der Waals surface area (Å²) in [6.45, 7) is 0. The van der Waals surface area contributed by atoms with Crippen LogP contribution >= 0.6 is 0 Å². The minimum absolute atomic E-state index is 0.126. The Labute approximate surface area is 149 Å². The Balaban J connectivity index is 1.58. The highest BCUT2D eigenvalue weighted by molar-refractivity contribution is 6.03. The van der Waals surface area contributed by atoms with E-state index in [0.717, 1.165) is 32.6 Å². The van der Waals surface area contributed by atoms with Crippen molar-refractivity contribution in [3.63, 3.8) is 0 Å². The van der Waals surface area contributed by atoms with Crippen molar-refractivity contribution in [1.82, 2.24) is 4.98 Å². The lowest BCUT2D eigenvalue weighted by Gasteiger charge is -2.02. The van der Waals surface area contributed by atoms with Crippen molar-refractivity contribution in [3.8, 4) is 5.75 Å². The molecule has 0 amide bonds. The summed E-state index contributed by atoms with van der Waals surface area (Å²) in [6.07, 6.45) is 1.54. The van der Waals surface area contributed by atoms with E-state index in [4.69, 9.17) is 4.42 Å². The summed E-state index contributed by atoms with van der Waals surface area (Å²) in [5.41, 5.74) is 2.01. The zero-order valence-electron chi connectivity index (χ0n) is 13.8. The van der Waals surface area contributed by atoms with Gasteiger partial charge in [0.15, 0.2) is 5.58 Å². The van der Waals surface area contributed by atoms with Crippen LogP contribution < -0.4 is 0 Å². The van der Waals surface area contributed by atoms with Crippen LogP contribution in [0.4, 0.5) is 5.69 Å². The topological polar surface area (TPSA) is 58.6 Å². The number of benzene rings is 4. The molecular weight excluding hydrogens is 324 g/mol. The zero-order valence-corrected chi connectivity index (χ0v) is 13.8. The van der Waals surface area contributed by atoms with Crippen molar-refractivity contribution < 1.29 is 9.52 Å². The number of nitrogens with zero attached hydrogens (tertiary/aromatic N) is 2. The Morgan fingerprint density at radius 1 is 0.846 bits per heavy atom. The Hall–Kier alpha value is -3.66. The highest BCUT2D eigenvalue weighted by Crippen LogP contribution is 2.32. The lowest BCUT2D eigenvalue weighted by molar-refractivity contribution is 0.478. The molecule has 0 unspecified atom stereocenters. The SMILES string of the molecule is Oc1cc2ccccc2cc1N=Cc1nc2ccc3ccccc3c2o1. The summed E-state index contributed by atoms with van der Waals surface area (Å²) in [5, 5.41) is 14.3. The fourth-order valence-electron chi connectivity index (χ4n) is 3.17. The number of hydrogen-bond acceptors (Lipinski definition) is 4. The summed E-state index contributed by atoms with van der Waals surface area (Å²) in [7, 11) is 0. The molecular formula is C22H14N2O2. The van der Waals surface area contributed by atoms with Gasteiger partial charge < -0.3 is 9.52 Å². The van der Waals surface area contributed by atoms with Crippen LogP contribution in [0.1, 0.15) is 5.89 Å².